The Morgan fingerprint density at radius 1 is 1.13 bits per heavy atom. The summed E-state index contributed by atoms with van der Waals surface area (Å²) >= 11 is 3.44. The lowest BCUT2D eigenvalue weighted by Crippen LogP contribution is -2.08. The minimum absolute atomic E-state index is 0.195. The van der Waals surface area contributed by atoms with Crippen molar-refractivity contribution in [3.05, 3.63) is 64.3 Å². The van der Waals surface area contributed by atoms with Crippen LogP contribution in [0.15, 0.2) is 57.4 Å². The molecule has 0 N–H and O–H groups in total. The van der Waals surface area contributed by atoms with E-state index in [1.54, 1.807) is 6.92 Å². The summed E-state index contributed by atoms with van der Waals surface area (Å²) in [5.41, 5.74) is 1.33. The Bertz CT molecular complexity index is 838. The van der Waals surface area contributed by atoms with Gasteiger partial charge in [0.15, 0.2) is 0 Å². The average Bonchev–Trinajstić information content (AvgIpc) is 2.93. The molecule has 118 valence electrons. The van der Waals surface area contributed by atoms with Crippen molar-refractivity contribution in [3.8, 4) is 5.75 Å². The Hall–Kier alpha value is -2.27. The van der Waals surface area contributed by atoms with E-state index in [1.807, 2.05) is 48.5 Å². The summed E-state index contributed by atoms with van der Waals surface area (Å²) in [5.74, 6) is 0.419. The van der Waals surface area contributed by atoms with E-state index in [2.05, 4.69) is 15.9 Å². The Morgan fingerprint density at radius 3 is 2.65 bits per heavy atom. The van der Waals surface area contributed by atoms with Gasteiger partial charge in [0.2, 0.25) is 5.76 Å². The first-order chi connectivity index (χ1) is 11.2. The third kappa shape index (κ3) is 3.24. The van der Waals surface area contributed by atoms with Gasteiger partial charge in [0, 0.05) is 5.39 Å². The standard InChI is InChI=1S/C18H15BrO4/c1-2-21-18(20)17-13(12-7-3-5-9-15(12)23-17)11-22-16-10-6-4-8-14(16)19/h3-10H,2,11H2,1H3. The molecular weight excluding hydrogens is 360 g/mol. The quantitative estimate of drug-likeness (QED) is 0.592. The summed E-state index contributed by atoms with van der Waals surface area (Å²) in [6.07, 6.45) is 0. The van der Waals surface area contributed by atoms with E-state index < -0.39 is 5.97 Å². The number of halogens is 1. The second-order valence-electron chi connectivity index (χ2n) is 4.85. The molecule has 0 fully saturated rings. The van der Waals surface area contributed by atoms with Crippen molar-refractivity contribution in [1.82, 2.24) is 0 Å². The number of furan rings is 1. The molecule has 4 nitrogen and oxygen atoms in total. The monoisotopic (exact) mass is 374 g/mol. The normalized spacial score (nSPS) is 10.7. The highest BCUT2D eigenvalue weighted by molar-refractivity contribution is 9.10. The van der Waals surface area contributed by atoms with Crippen LogP contribution >= 0.6 is 15.9 Å². The molecule has 23 heavy (non-hydrogen) atoms. The number of rotatable bonds is 5. The fourth-order valence-corrected chi connectivity index (χ4v) is 2.71. The molecule has 0 bridgehead atoms. The van der Waals surface area contributed by atoms with Crippen molar-refractivity contribution in [3.63, 3.8) is 0 Å². The van der Waals surface area contributed by atoms with Crippen molar-refractivity contribution in [1.29, 1.82) is 0 Å². The van der Waals surface area contributed by atoms with Gasteiger partial charge in [-0.25, -0.2) is 4.79 Å². The molecule has 0 aliphatic rings. The molecule has 0 amide bonds. The van der Waals surface area contributed by atoms with Crippen molar-refractivity contribution in [2.45, 2.75) is 13.5 Å². The summed E-state index contributed by atoms with van der Waals surface area (Å²) < 4.78 is 17.4. The van der Waals surface area contributed by atoms with E-state index in [4.69, 9.17) is 13.9 Å². The van der Waals surface area contributed by atoms with Crippen LogP contribution in [-0.2, 0) is 11.3 Å². The number of hydrogen-bond acceptors (Lipinski definition) is 4. The van der Waals surface area contributed by atoms with Crippen LogP contribution in [0.25, 0.3) is 11.0 Å². The molecule has 0 aliphatic heterocycles. The van der Waals surface area contributed by atoms with Crippen LogP contribution in [0.4, 0.5) is 0 Å². The lowest BCUT2D eigenvalue weighted by Gasteiger charge is -2.08. The largest absolute Gasteiger partial charge is 0.488 e. The average molecular weight is 375 g/mol. The van der Waals surface area contributed by atoms with Gasteiger partial charge in [-0.05, 0) is 41.1 Å². The second kappa shape index (κ2) is 6.87. The topological polar surface area (TPSA) is 48.7 Å². The lowest BCUT2D eigenvalue weighted by molar-refractivity contribution is 0.0488. The van der Waals surface area contributed by atoms with Crippen molar-refractivity contribution in [2.24, 2.45) is 0 Å². The van der Waals surface area contributed by atoms with Gasteiger partial charge in [-0.15, -0.1) is 0 Å². The van der Waals surface area contributed by atoms with Crippen LogP contribution in [-0.4, -0.2) is 12.6 Å². The van der Waals surface area contributed by atoms with Crippen LogP contribution in [0.5, 0.6) is 5.75 Å². The van der Waals surface area contributed by atoms with Crippen molar-refractivity contribution < 1.29 is 18.7 Å². The predicted molar refractivity (Wildman–Crippen MR) is 90.6 cm³/mol. The first kappa shape index (κ1) is 15.6. The minimum atomic E-state index is -0.477. The minimum Gasteiger partial charge on any atom is -0.488 e. The molecule has 1 aromatic heterocycles. The number of benzene rings is 2. The van der Waals surface area contributed by atoms with E-state index in [0.29, 0.717) is 23.5 Å². The van der Waals surface area contributed by atoms with Gasteiger partial charge in [-0.3, -0.25) is 0 Å². The van der Waals surface area contributed by atoms with Gasteiger partial charge in [0.25, 0.3) is 0 Å². The van der Waals surface area contributed by atoms with E-state index in [1.165, 1.54) is 0 Å². The molecule has 0 spiro atoms. The Kier molecular flexibility index (Phi) is 4.67. The summed E-state index contributed by atoms with van der Waals surface area (Å²) in [5, 5.41) is 0.850. The zero-order chi connectivity index (χ0) is 16.2. The molecular formula is C18H15BrO4. The molecule has 2 aromatic carbocycles. The Balaban J connectivity index is 1.96. The first-order valence-electron chi connectivity index (χ1n) is 7.25. The molecule has 3 aromatic rings. The van der Waals surface area contributed by atoms with E-state index in [-0.39, 0.29) is 12.4 Å². The Morgan fingerprint density at radius 2 is 1.87 bits per heavy atom. The third-order valence-electron chi connectivity index (χ3n) is 3.37. The number of carbonyl (C=O) groups is 1. The van der Waals surface area contributed by atoms with Gasteiger partial charge >= 0.3 is 5.97 Å². The number of ether oxygens (including phenoxy) is 2. The summed E-state index contributed by atoms with van der Waals surface area (Å²) in [6.45, 7) is 2.27. The fraction of sp³-hybridized carbons (Fsp3) is 0.167. The molecule has 0 saturated carbocycles. The molecule has 1 heterocycles. The maximum absolute atomic E-state index is 12.1. The maximum atomic E-state index is 12.1. The Labute approximate surface area is 142 Å². The summed E-state index contributed by atoms with van der Waals surface area (Å²) in [4.78, 5) is 12.1. The van der Waals surface area contributed by atoms with Gasteiger partial charge in [-0.2, -0.15) is 0 Å². The molecule has 0 aliphatic carbocycles. The highest BCUT2D eigenvalue weighted by atomic mass is 79.9. The number of fused-ring (bicyclic) bond motifs is 1. The molecule has 0 atom stereocenters. The summed E-state index contributed by atoms with van der Waals surface area (Å²) in [7, 11) is 0. The smallest absolute Gasteiger partial charge is 0.374 e. The van der Waals surface area contributed by atoms with Crippen LogP contribution in [0.2, 0.25) is 0 Å². The van der Waals surface area contributed by atoms with Crippen LogP contribution < -0.4 is 4.74 Å². The van der Waals surface area contributed by atoms with Crippen molar-refractivity contribution in [2.75, 3.05) is 6.61 Å². The number of para-hydroxylation sites is 2. The second-order valence-corrected chi connectivity index (χ2v) is 5.70. The van der Waals surface area contributed by atoms with Crippen molar-refractivity contribution >= 4 is 32.9 Å². The SMILES string of the molecule is CCOC(=O)c1oc2ccccc2c1COc1ccccc1Br. The van der Waals surface area contributed by atoms with Crippen LogP contribution in [0.3, 0.4) is 0 Å². The fourth-order valence-electron chi connectivity index (χ4n) is 2.32. The summed E-state index contributed by atoms with van der Waals surface area (Å²) in [6, 6.07) is 15.0. The zero-order valence-electron chi connectivity index (χ0n) is 12.5. The van der Waals surface area contributed by atoms with E-state index >= 15 is 0 Å². The molecule has 3 rings (SSSR count). The predicted octanol–water partition coefficient (Wildman–Crippen LogP) is 4.95. The number of hydrogen-bond donors (Lipinski definition) is 0. The lowest BCUT2D eigenvalue weighted by atomic mass is 10.1. The van der Waals surface area contributed by atoms with Gasteiger partial charge in [0.05, 0.1) is 16.6 Å². The highest BCUT2D eigenvalue weighted by Crippen LogP contribution is 2.30. The zero-order valence-corrected chi connectivity index (χ0v) is 14.1. The van der Waals surface area contributed by atoms with E-state index in [9.17, 15) is 4.79 Å². The number of esters is 1. The van der Waals surface area contributed by atoms with Crippen LogP contribution in [0.1, 0.15) is 23.0 Å². The maximum Gasteiger partial charge on any atom is 0.374 e. The number of carbonyl (C=O) groups excluding carboxylic acids is 1. The van der Waals surface area contributed by atoms with E-state index in [0.717, 1.165) is 9.86 Å². The van der Waals surface area contributed by atoms with Gasteiger partial charge in [0.1, 0.15) is 17.9 Å². The first-order valence-corrected chi connectivity index (χ1v) is 8.05. The molecule has 0 radical (unpaired) electrons. The molecule has 5 heteroatoms. The van der Waals surface area contributed by atoms with Gasteiger partial charge in [-0.1, -0.05) is 30.3 Å². The van der Waals surface area contributed by atoms with Crippen LogP contribution in [0, 0.1) is 0 Å². The molecule has 0 saturated heterocycles. The molecule has 0 unspecified atom stereocenters. The van der Waals surface area contributed by atoms with Gasteiger partial charge < -0.3 is 13.9 Å². The highest BCUT2D eigenvalue weighted by Gasteiger charge is 2.22. The third-order valence-corrected chi connectivity index (χ3v) is 4.02.